The van der Waals surface area contributed by atoms with E-state index in [0.717, 1.165) is 16.6 Å². The summed E-state index contributed by atoms with van der Waals surface area (Å²) in [5.41, 5.74) is 2.18. The number of carbonyl (C=O) groups excluding carboxylic acids is 1. The molecule has 4 aromatic rings. The third kappa shape index (κ3) is 7.98. The lowest BCUT2D eigenvalue weighted by molar-refractivity contribution is -0.123. The number of aromatic nitrogens is 1. The molecule has 0 unspecified atom stereocenters. The van der Waals surface area contributed by atoms with Crippen LogP contribution in [0.4, 0.5) is 11.4 Å². The Bertz CT molecular complexity index is 1510. The van der Waals surface area contributed by atoms with Gasteiger partial charge in [-0.1, -0.05) is 11.6 Å². The van der Waals surface area contributed by atoms with Gasteiger partial charge in [0.1, 0.15) is 11.5 Å². The highest BCUT2D eigenvalue weighted by Gasteiger charge is 2.14. The topological polar surface area (TPSA) is 119 Å². The van der Waals surface area contributed by atoms with Crippen molar-refractivity contribution in [1.29, 1.82) is 0 Å². The number of nitrogens with one attached hydrogen (secondary N) is 3. The van der Waals surface area contributed by atoms with Gasteiger partial charge in [-0.2, -0.15) is 0 Å². The van der Waals surface area contributed by atoms with Gasteiger partial charge in [0.2, 0.25) is 0 Å². The second-order valence-corrected chi connectivity index (χ2v) is 10.6. The van der Waals surface area contributed by atoms with Gasteiger partial charge < -0.3 is 20.1 Å². The molecule has 0 aliphatic rings. The quantitative estimate of drug-likeness (QED) is 0.192. The Morgan fingerprint density at radius 1 is 0.923 bits per heavy atom. The normalized spacial score (nSPS) is 11.1. The van der Waals surface area contributed by atoms with E-state index in [-0.39, 0.29) is 17.4 Å². The molecule has 1 aromatic heterocycles. The molecule has 0 aliphatic carbocycles. The number of nitrogens with zero attached hydrogens (tertiary/aromatic N) is 1. The minimum absolute atomic E-state index is 0.0748. The standard InChI is InChI=1S/C28H29ClN4O5S/c1-2-37-22-7-5-21(6-8-22)33-39(35,36)24-11-9-23(10-12-24)38-19-28(34)32-16-3-15-30-26-14-17-31-27-18-20(29)4-13-25(26)27/h4-14,17-18,33H,2-3,15-16,19H2,1H3,(H,30,31)(H,32,34). The Hall–Kier alpha value is -4.02. The third-order valence-corrected chi connectivity index (χ3v) is 7.25. The maximum atomic E-state index is 12.7. The Kier molecular flexibility index (Phi) is 9.45. The monoisotopic (exact) mass is 568 g/mol. The number of hydrogen-bond donors (Lipinski definition) is 3. The highest BCUT2D eigenvalue weighted by Crippen LogP contribution is 2.24. The van der Waals surface area contributed by atoms with Crippen molar-refractivity contribution in [3.8, 4) is 11.5 Å². The fourth-order valence-corrected chi connectivity index (χ4v) is 4.95. The number of halogens is 1. The summed E-state index contributed by atoms with van der Waals surface area (Å²) in [5, 5.41) is 7.77. The molecule has 1 amide bonds. The van der Waals surface area contributed by atoms with Crippen molar-refractivity contribution in [2.24, 2.45) is 0 Å². The summed E-state index contributed by atoms with van der Waals surface area (Å²) in [5.74, 6) is 0.775. The van der Waals surface area contributed by atoms with Crippen LogP contribution < -0.4 is 24.8 Å². The molecule has 11 heteroatoms. The average molecular weight is 569 g/mol. The van der Waals surface area contributed by atoms with Crippen LogP contribution in [0.2, 0.25) is 5.02 Å². The zero-order valence-corrected chi connectivity index (χ0v) is 22.9. The molecule has 0 fully saturated rings. The summed E-state index contributed by atoms with van der Waals surface area (Å²) < 4.78 is 38.7. The van der Waals surface area contributed by atoms with Gasteiger partial charge in [0, 0.05) is 41.1 Å². The summed E-state index contributed by atoms with van der Waals surface area (Å²) in [4.78, 5) is 16.6. The number of sulfonamides is 1. The number of anilines is 2. The fraction of sp³-hybridized carbons (Fsp3) is 0.214. The van der Waals surface area contributed by atoms with Crippen LogP contribution in [0, 0.1) is 0 Å². The van der Waals surface area contributed by atoms with Crippen molar-refractivity contribution in [3.05, 3.63) is 84.0 Å². The molecule has 204 valence electrons. The number of rotatable bonds is 13. The van der Waals surface area contributed by atoms with Crippen molar-refractivity contribution in [2.45, 2.75) is 18.2 Å². The van der Waals surface area contributed by atoms with Gasteiger partial charge in [-0.15, -0.1) is 0 Å². The summed E-state index contributed by atoms with van der Waals surface area (Å²) >= 11 is 6.03. The van der Waals surface area contributed by atoms with Gasteiger partial charge >= 0.3 is 0 Å². The maximum Gasteiger partial charge on any atom is 0.261 e. The summed E-state index contributed by atoms with van der Waals surface area (Å²) in [6, 6.07) is 20.0. The number of ether oxygens (including phenoxy) is 2. The van der Waals surface area contributed by atoms with Gasteiger partial charge in [-0.25, -0.2) is 8.42 Å². The number of amides is 1. The van der Waals surface area contributed by atoms with Crippen molar-refractivity contribution in [2.75, 3.05) is 36.3 Å². The minimum atomic E-state index is -3.78. The van der Waals surface area contributed by atoms with E-state index in [9.17, 15) is 13.2 Å². The molecule has 0 radical (unpaired) electrons. The number of benzene rings is 3. The molecule has 0 spiro atoms. The van der Waals surface area contributed by atoms with E-state index in [0.29, 0.717) is 48.3 Å². The molecule has 0 bridgehead atoms. The van der Waals surface area contributed by atoms with Gasteiger partial charge in [0.15, 0.2) is 6.61 Å². The Morgan fingerprint density at radius 3 is 2.38 bits per heavy atom. The third-order valence-electron chi connectivity index (χ3n) is 5.62. The van der Waals surface area contributed by atoms with Crippen LogP contribution in [0.25, 0.3) is 10.9 Å². The number of carbonyl (C=O) groups is 1. The van der Waals surface area contributed by atoms with Gasteiger partial charge in [0.25, 0.3) is 15.9 Å². The first-order chi connectivity index (χ1) is 18.8. The van der Waals surface area contributed by atoms with Crippen LogP contribution >= 0.6 is 11.6 Å². The first-order valence-electron chi connectivity index (χ1n) is 12.4. The van der Waals surface area contributed by atoms with E-state index < -0.39 is 10.0 Å². The van der Waals surface area contributed by atoms with E-state index in [2.05, 4.69) is 20.3 Å². The lowest BCUT2D eigenvalue weighted by Gasteiger charge is -2.11. The van der Waals surface area contributed by atoms with Crippen molar-refractivity contribution < 1.29 is 22.7 Å². The largest absolute Gasteiger partial charge is 0.494 e. The summed E-state index contributed by atoms with van der Waals surface area (Å²) in [6.45, 7) is 3.35. The first kappa shape index (κ1) is 28.0. The molecule has 0 saturated heterocycles. The summed E-state index contributed by atoms with van der Waals surface area (Å²) in [6.07, 6.45) is 2.43. The summed E-state index contributed by atoms with van der Waals surface area (Å²) in [7, 11) is -3.78. The van der Waals surface area contributed by atoms with E-state index in [4.69, 9.17) is 21.1 Å². The van der Waals surface area contributed by atoms with Crippen molar-refractivity contribution in [1.82, 2.24) is 10.3 Å². The SMILES string of the molecule is CCOc1ccc(NS(=O)(=O)c2ccc(OCC(=O)NCCCNc3ccnc4cc(Cl)ccc34)cc2)cc1. The Morgan fingerprint density at radius 2 is 1.64 bits per heavy atom. The zero-order chi connectivity index (χ0) is 27.7. The molecular formula is C28H29ClN4O5S. The van der Waals surface area contributed by atoms with E-state index in [1.54, 1.807) is 30.5 Å². The molecule has 0 saturated carbocycles. The van der Waals surface area contributed by atoms with Gasteiger partial charge in [0.05, 0.1) is 17.0 Å². The fourth-order valence-electron chi connectivity index (χ4n) is 3.73. The van der Waals surface area contributed by atoms with Crippen LogP contribution in [0.15, 0.2) is 83.9 Å². The Labute approximate surface area is 232 Å². The predicted molar refractivity (Wildman–Crippen MR) is 153 cm³/mol. The lowest BCUT2D eigenvalue weighted by atomic mass is 10.2. The molecule has 0 aliphatic heterocycles. The van der Waals surface area contributed by atoms with Crippen LogP contribution in [0.3, 0.4) is 0 Å². The molecule has 1 heterocycles. The number of fused-ring (bicyclic) bond motifs is 1. The van der Waals surface area contributed by atoms with Crippen LogP contribution in [-0.2, 0) is 14.8 Å². The first-order valence-corrected chi connectivity index (χ1v) is 14.2. The van der Waals surface area contributed by atoms with Crippen LogP contribution in [0.5, 0.6) is 11.5 Å². The number of hydrogen-bond acceptors (Lipinski definition) is 7. The highest BCUT2D eigenvalue weighted by molar-refractivity contribution is 7.92. The van der Waals surface area contributed by atoms with Crippen LogP contribution in [-0.4, -0.2) is 45.6 Å². The molecule has 3 aromatic carbocycles. The van der Waals surface area contributed by atoms with Gasteiger partial charge in [-0.05, 0) is 86.1 Å². The van der Waals surface area contributed by atoms with Crippen molar-refractivity contribution >= 4 is 49.8 Å². The average Bonchev–Trinajstić information content (AvgIpc) is 2.93. The number of pyridine rings is 1. The smallest absolute Gasteiger partial charge is 0.261 e. The minimum Gasteiger partial charge on any atom is -0.494 e. The lowest BCUT2D eigenvalue weighted by Crippen LogP contribution is -2.30. The van der Waals surface area contributed by atoms with Crippen molar-refractivity contribution in [3.63, 3.8) is 0 Å². The molecule has 39 heavy (non-hydrogen) atoms. The zero-order valence-electron chi connectivity index (χ0n) is 21.3. The predicted octanol–water partition coefficient (Wildman–Crippen LogP) is 5.08. The molecule has 0 atom stereocenters. The molecule has 9 nitrogen and oxygen atoms in total. The molecular weight excluding hydrogens is 540 g/mol. The highest BCUT2D eigenvalue weighted by atomic mass is 35.5. The molecule has 3 N–H and O–H groups in total. The van der Waals surface area contributed by atoms with E-state index in [1.165, 1.54) is 24.3 Å². The Balaban J connectivity index is 1.18. The maximum absolute atomic E-state index is 12.7. The van der Waals surface area contributed by atoms with Gasteiger partial charge in [-0.3, -0.25) is 14.5 Å². The van der Waals surface area contributed by atoms with E-state index >= 15 is 0 Å². The van der Waals surface area contributed by atoms with Crippen LogP contribution in [0.1, 0.15) is 13.3 Å². The second-order valence-electron chi connectivity index (χ2n) is 8.47. The molecule has 4 rings (SSSR count). The van der Waals surface area contributed by atoms with E-state index in [1.807, 2.05) is 31.2 Å². The second kappa shape index (κ2) is 13.2.